The van der Waals surface area contributed by atoms with Crippen LogP contribution < -0.4 is 4.90 Å². The fourth-order valence-corrected chi connectivity index (χ4v) is 4.23. The van der Waals surface area contributed by atoms with E-state index < -0.39 is 0 Å². The molecule has 0 amide bonds. The molecule has 102 valence electrons. The van der Waals surface area contributed by atoms with Crippen LogP contribution in [0.25, 0.3) is 10.2 Å². The molecule has 5 heteroatoms. The van der Waals surface area contributed by atoms with Crippen molar-refractivity contribution in [3.8, 4) is 0 Å². The fraction of sp³-hybridized carbons (Fsp3) is 0.571. The molecule has 0 aliphatic heterocycles. The van der Waals surface area contributed by atoms with E-state index in [1.165, 1.54) is 15.8 Å². The Hall–Kier alpha value is -0.870. The Labute approximate surface area is 122 Å². The van der Waals surface area contributed by atoms with E-state index in [-0.39, 0.29) is 0 Å². The maximum absolute atomic E-state index is 6.05. The second-order valence-corrected chi connectivity index (χ2v) is 7.30. The number of aromatic nitrogens is 2. The lowest BCUT2D eigenvalue weighted by molar-refractivity contribution is 0.329. The highest BCUT2D eigenvalue weighted by atomic mass is 35.5. The molecule has 0 atom stereocenters. The Morgan fingerprint density at radius 1 is 1.37 bits per heavy atom. The first kappa shape index (κ1) is 13.1. The van der Waals surface area contributed by atoms with Gasteiger partial charge >= 0.3 is 0 Å². The minimum Gasteiger partial charge on any atom is -0.359 e. The summed E-state index contributed by atoms with van der Waals surface area (Å²) in [5.74, 6) is 1.77. The Balaban J connectivity index is 1.91. The van der Waals surface area contributed by atoms with Crippen molar-refractivity contribution in [1.82, 2.24) is 9.97 Å². The summed E-state index contributed by atoms with van der Waals surface area (Å²) in [6, 6.07) is 0. The summed E-state index contributed by atoms with van der Waals surface area (Å²) in [5, 5.41) is 1.60. The summed E-state index contributed by atoms with van der Waals surface area (Å²) in [6.45, 7) is 5.34. The van der Waals surface area contributed by atoms with E-state index in [1.807, 2.05) is 0 Å². The number of halogens is 1. The number of hydrogen-bond donors (Lipinski definition) is 0. The van der Waals surface area contributed by atoms with Gasteiger partial charge in [-0.05, 0) is 38.2 Å². The predicted molar refractivity (Wildman–Crippen MR) is 82.5 cm³/mol. The minimum atomic E-state index is 0.383. The van der Waals surface area contributed by atoms with Crippen LogP contribution in [-0.2, 0) is 0 Å². The fourth-order valence-electron chi connectivity index (χ4n) is 2.73. The number of nitrogens with zero attached hydrogens (tertiary/aromatic N) is 3. The first-order valence-corrected chi connectivity index (χ1v) is 7.87. The molecule has 1 aliphatic carbocycles. The van der Waals surface area contributed by atoms with Crippen molar-refractivity contribution >= 4 is 39.0 Å². The van der Waals surface area contributed by atoms with E-state index in [0.29, 0.717) is 11.3 Å². The average Bonchev–Trinajstić information content (AvgIpc) is 2.63. The first-order chi connectivity index (χ1) is 9.06. The summed E-state index contributed by atoms with van der Waals surface area (Å²) in [6.07, 6.45) is 3.93. The van der Waals surface area contributed by atoms with Gasteiger partial charge in [0.2, 0.25) is 0 Å². The average molecular weight is 296 g/mol. The van der Waals surface area contributed by atoms with Crippen molar-refractivity contribution in [2.45, 2.75) is 32.1 Å². The SMILES string of the molecule is Cc1sc2ncnc(N(C)CC3CC(Cl)C3)c2c1C. The molecule has 0 radical (unpaired) electrons. The number of fused-ring (bicyclic) bond motifs is 1. The van der Waals surface area contributed by atoms with Crippen LogP contribution in [0.1, 0.15) is 23.3 Å². The molecule has 0 aromatic carbocycles. The van der Waals surface area contributed by atoms with E-state index >= 15 is 0 Å². The lowest BCUT2D eigenvalue weighted by Crippen LogP contribution is -2.35. The van der Waals surface area contributed by atoms with Crippen molar-refractivity contribution < 1.29 is 0 Å². The van der Waals surface area contributed by atoms with Gasteiger partial charge in [0.15, 0.2) is 0 Å². The highest BCUT2D eigenvalue weighted by Gasteiger charge is 2.29. The highest BCUT2D eigenvalue weighted by Crippen LogP contribution is 2.36. The molecule has 1 fully saturated rings. The number of anilines is 1. The number of thiophene rings is 1. The maximum Gasteiger partial charge on any atom is 0.140 e. The molecule has 0 unspecified atom stereocenters. The van der Waals surface area contributed by atoms with Crippen LogP contribution >= 0.6 is 22.9 Å². The Bertz CT molecular complexity index is 604. The Morgan fingerprint density at radius 2 is 2.11 bits per heavy atom. The van der Waals surface area contributed by atoms with Gasteiger partial charge in [-0.25, -0.2) is 9.97 Å². The number of alkyl halides is 1. The van der Waals surface area contributed by atoms with E-state index in [9.17, 15) is 0 Å². The molecule has 2 heterocycles. The van der Waals surface area contributed by atoms with Gasteiger partial charge in [-0.1, -0.05) is 0 Å². The lowest BCUT2D eigenvalue weighted by atomic mass is 9.84. The molecule has 0 N–H and O–H groups in total. The Kier molecular flexibility index (Phi) is 3.39. The van der Waals surface area contributed by atoms with Crippen molar-refractivity contribution in [2.24, 2.45) is 5.92 Å². The second-order valence-electron chi connectivity index (χ2n) is 5.48. The van der Waals surface area contributed by atoms with Gasteiger partial charge in [-0.2, -0.15) is 0 Å². The smallest absolute Gasteiger partial charge is 0.140 e. The molecule has 3 nitrogen and oxygen atoms in total. The molecule has 3 rings (SSSR count). The molecular weight excluding hydrogens is 278 g/mol. The maximum atomic E-state index is 6.05. The third-order valence-corrected chi connectivity index (χ3v) is 5.49. The highest BCUT2D eigenvalue weighted by molar-refractivity contribution is 7.18. The van der Waals surface area contributed by atoms with E-state index in [0.717, 1.165) is 30.0 Å². The summed E-state index contributed by atoms with van der Waals surface area (Å²) in [4.78, 5) is 13.6. The van der Waals surface area contributed by atoms with Crippen LogP contribution in [0.15, 0.2) is 6.33 Å². The van der Waals surface area contributed by atoms with Gasteiger partial charge in [0.1, 0.15) is 17.0 Å². The third-order valence-electron chi connectivity index (χ3n) is 4.02. The molecule has 2 aromatic heterocycles. The number of hydrogen-bond acceptors (Lipinski definition) is 4. The minimum absolute atomic E-state index is 0.383. The van der Waals surface area contributed by atoms with E-state index in [2.05, 4.69) is 35.8 Å². The van der Waals surface area contributed by atoms with Crippen LogP contribution in [0, 0.1) is 19.8 Å². The molecule has 2 aromatic rings. The molecule has 0 saturated heterocycles. The van der Waals surface area contributed by atoms with Gasteiger partial charge in [-0.15, -0.1) is 22.9 Å². The van der Waals surface area contributed by atoms with Crippen LogP contribution in [0.4, 0.5) is 5.82 Å². The molecular formula is C14H18ClN3S. The zero-order valence-corrected chi connectivity index (χ0v) is 13.1. The number of aryl methyl sites for hydroxylation is 2. The van der Waals surface area contributed by atoms with Gasteiger partial charge in [0.05, 0.1) is 5.39 Å². The normalized spacial score (nSPS) is 22.5. The Morgan fingerprint density at radius 3 is 2.79 bits per heavy atom. The van der Waals surface area contributed by atoms with Gasteiger partial charge in [0.25, 0.3) is 0 Å². The topological polar surface area (TPSA) is 29.0 Å². The summed E-state index contributed by atoms with van der Waals surface area (Å²) >= 11 is 7.80. The summed E-state index contributed by atoms with van der Waals surface area (Å²) in [5.41, 5.74) is 1.31. The quantitative estimate of drug-likeness (QED) is 0.807. The standard InChI is InChI=1S/C14H18ClN3S/c1-8-9(2)19-14-12(8)13(16-7-17-14)18(3)6-10-4-11(15)5-10/h7,10-11H,4-6H2,1-3H3. The van der Waals surface area contributed by atoms with Crippen LogP contribution in [0.3, 0.4) is 0 Å². The van der Waals surface area contributed by atoms with Crippen LogP contribution in [-0.4, -0.2) is 28.9 Å². The second kappa shape index (κ2) is 4.91. The van der Waals surface area contributed by atoms with Crippen LogP contribution in [0.2, 0.25) is 0 Å². The monoisotopic (exact) mass is 295 g/mol. The molecule has 19 heavy (non-hydrogen) atoms. The largest absolute Gasteiger partial charge is 0.359 e. The zero-order chi connectivity index (χ0) is 13.6. The first-order valence-electron chi connectivity index (χ1n) is 6.62. The van der Waals surface area contributed by atoms with Crippen molar-refractivity contribution in [3.63, 3.8) is 0 Å². The van der Waals surface area contributed by atoms with Gasteiger partial charge < -0.3 is 4.90 Å². The summed E-state index contributed by atoms with van der Waals surface area (Å²) < 4.78 is 0. The van der Waals surface area contributed by atoms with Crippen molar-refractivity contribution in [2.75, 3.05) is 18.5 Å². The van der Waals surface area contributed by atoms with E-state index in [1.54, 1.807) is 17.7 Å². The van der Waals surface area contributed by atoms with Crippen molar-refractivity contribution in [3.05, 3.63) is 16.8 Å². The molecule has 0 spiro atoms. The predicted octanol–water partition coefficient (Wildman–Crippen LogP) is 3.76. The van der Waals surface area contributed by atoms with Gasteiger partial charge in [-0.3, -0.25) is 0 Å². The molecule has 1 saturated carbocycles. The van der Waals surface area contributed by atoms with Crippen LogP contribution in [0.5, 0.6) is 0 Å². The summed E-state index contributed by atoms with van der Waals surface area (Å²) in [7, 11) is 2.12. The molecule has 0 bridgehead atoms. The number of rotatable bonds is 3. The molecule has 1 aliphatic rings. The lowest BCUT2D eigenvalue weighted by Gasteiger charge is -2.34. The third kappa shape index (κ3) is 2.32. The zero-order valence-electron chi connectivity index (χ0n) is 11.5. The van der Waals surface area contributed by atoms with Crippen molar-refractivity contribution in [1.29, 1.82) is 0 Å². The van der Waals surface area contributed by atoms with Gasteiger partial charge in [0, 0.05) is 23.8 Å². The van der Waals surface area contributed by atoms with E-state index in [4.69, 9.17) is 11.6 Å².